The van der Waals surface area contributed by atoms with Crippen molar-refractivity contribution in [3.63, 3.8) is 0 Å². The van der Waals surface area contributed by atoms with Gasteiger partial charge >= 0.3 is 6.03 Å². The number of methoxy groups -OCH3 is 2. The van der Waals surface area contributed by atoms with Gasteiger partial charge in [0.05, 0.1) is 19.9 Å². The average Bonchev–Trinajstić information content (AvgIpc) is 2.68. The summed E-state index contributed by atoms with van der Waals surface area (Å²) < 4.78 is 10.6. The molecule has 0 radical (unpaired) electrons. The van der Waals surface area contributed by atoms with Gasteiger partial charge in [0.2, 0.25) is 5.88 Å². The third-order valence-electron chi connectivity index (χ3n) is 4.20. The molecule has 0 spiro atoms. The second-order valence-electron chi connectivity index (χ2n) is 5.64. The number of benzene rings is 1. The fourth-order valence-corrected chi connectivity index (χ4v) is 2.88. The third kappa shape index (κ3) is 3.76. The van der Waals surface area contributed by atoms with Crippen molar-refractivity contribution in [2.75, 3.05) is 50.6 Å². The molecule has 0 unspecified atom stereocenters. The Balaban J connectivity index is 1.61. The van der Waals surface area contributed by atoms with E-state index >= 15 is 0 Å². The van der Waals surface area contributed by atoms with Crippen LogP contribution >= 0.6 is 0 Å². The second kappa shape index (κ2) is 7.74. The number of pyridine rings is 1. The first-order chi connectivity index (χ1) is 12.2. The van der Waals surface area contributed by atoms with Gasteiger partial charge in [0.25, 0.3) is 0 Å². The number of urea groups is 1. The van der Waals surface area contributed by atoms with Gasteiger partial charge in [0, 0.05) is 32.4 Å². The highest BCUT2D eigenvalue weighted by Gasteiger charge is 2.23. The lowest BCUT2D eigenvalue weighted by Gasteiger charge is -2.36. The van der Waals surface area contributed by atoms with Crippen LogP contribution in [0.25, 0.3) is 0 Å². The molecule has 1 aliphatic rings. The molecule has 2 aromatic rings. The summed E-state index contributed by atoms with van der Waals surface area (Å²) in [5.41, 5.74) is 1.63. The highest BCUT2D eigenvalue weighted by atomic mass is 16.5. The SMILES string of the molecule is COc1ccccc1N1CCN(C(=O)Nc2cccnc2OC)CC1. The Hall–Kier alpha value is -2.96. The number of nitrogens with one attached hydrogen (secondary N) is 1. The van der Waals surface area contributed by atoms with Crippen LogP contribution < -0.4 is 19.7 Å². The molecule has 1 N–H and O–H groups in total. The molecular weight excluding hydrogens is 320 g/mol. The molecule has 0 bridgehead atoms. The summed E-state index contributed by atoms with van der Waals surface area (Å²) in [4.78, 5) is 20.6. The standard InChI is InChI=1S/C18H22N4O3/c1-24-16-8-4-3-7-15(16)21-10-12-22(13-11-21)18(23)20-14-6-5-9-19-17(14)25-2/h3-9H,10-13H2,1-2H3,(H,20,23). The molecule has 0 aliphatic carbocycles. The maximum Gasteiger partial charge on any atom is 0.322 e. The lowest BCUT2D eigenvalue weighted by atomic mass is 10.2. The number of carbonyl (C=O) groups excluding carboxylic acids is 1. The Morgan fingerprint density at radius 2 is 1.80 bits per heavy atom. The van der Waals surface area contributed by atoms with Gasteiger partial charge in [0.1, 0.15) is 11.4 Å². The molecule has 0 atom stereocenters. The fourth-order valence-electron chi connectivity index (χ4n) is 2.88. The van der Waals surface area contributed by atoms with Crippen molar-refractivity contribution < 1.29 is 14.3 Å². The summed E-state index contributed by atoms with van der Waals surface area (Å²) in [6.45, 7) is 2.76. The van der Waals surface area contributed by atoms with Crippen molar-refractivity contribution in [2.45, 2.75) is 0 Å². The molecule has 0 saturated carbocycles. The molecule has 132 valence electrons. The highest BCUT2D eigenvalue weighted by Crippen LogP contribution is 2.28. The molecule has 2 amide bonds. The molecule has 7 nitrogen and oxygen atoms in total. The number of carbonyl (C=O) groups is 1. The summed E-state index contributed by atoms with van der Waals surface area (Å²) in [6.07, 6.45) is 1.63. The van der Waals surface area contributed by atoms with Gasteiger partial charge in [-0.05, 0) is 24.3 Å². The van der Waals surface area contributed by atoms with E-state index in [1.54, 1.807) is 30.3 Å². The largest absolute Gasteiger partial charge is 0.495 e. The molecule has 7 heteroatoms. The van der Waals surface area contributed by atoms with Crippen LogP contribution in [0.15, 0.2) is 42.6 Å². The van der Waals surface area contributed by atoms with Crippen LogP contribution in [0.2, 0.25) is 0 Å². The Kier molecular flexibility index (Phi) is 5.23. The van der Waals surface area contributed by atoms with E-state index in [1.165, 1.54) is 7.11 Å². The van der Waals surface area contributed by atoms with E-state index in [1.807, 2.05) is 24.3 Å². The van der Waals surface area contributed by atoms with Crippen molar-refractivity contribution >= 4 is 17.4 Å². The number of hydrogen-bond acceptors (Lipinski definition) is 5. The van der Waals surface area contributed by atoms with E-state index in [2.05, 4.69) is 15.2 Å². The van der Waals surface area contributed by atoms with E-state index in [0.29, 0.717) is 24.7 Å². The van der Waals surface area contributed by atoms with E-state index in [0.717, 1.165) is 24.5 Å². The zero-order valence-corrected chi connectivity index (χ0v) is 14.4. The normalized spacial score (nSPS) is 14.2. The van der Waals surface area contributed by atoms with Crippen LogP contribution in [-0.4, -0.2) is 56.3 Å². The number of rotatable bonds is 4. The molecule has 1 aliphatic heterocycles. The lowest BCUT2D eigenvalue weighted by molar-refractivity contribution is 0.208. The molecular formula is C18H22N4O3. The summed E-state index contributed by atoms with van der Waals surface area (Å²) in [7, 11) is 3.20. The van der Waals surface area contributed by atoms with E-state index in [9.17, 15) is 4.79 Å². The van der Waals surface area contributed by atoms with Gasteiger partial charge in [-0.1, -0.05) is 12.1 Å². The molecule has 1 fully saturated rings. The molecule has 1 aromatic carbocycles. The van der Waals surface area contributed by atoms with Gasteiger partial charge in [0.15, 0.2) is 0 Å². The van der Waals surface area contributed by atoms with Crippen LogP contribution in [0.4, 0.5) is 16.2 Å². The number of nitrogens with zero attached hydrogens (tertiary/aromatic N) is 3. The van der Waals surface area contributed by atoms with E-state index in [-0.39, 0.29) is 6.03 Å². The number of para-hydroxylation sites is 2. The quantitative estimate of drug-likeness (QED) is 0.924. The first kappa shape index (κ1) is 16.9. The predicted molar refractivity (Wildman–Crippen MR) is 96.6 cm³/mol. The van der Waals surface area contributed by atoms with Gasteiger partial charge in [-0.15, -0.1) is 0 Å². The summed E-state index contributed by atoms with van der Waals surface area (Å²) in [6, 6.07) is 11.3. The minimum atomic E-state index is -0.147. The molecule has 2 heterocycles. The second-order valence-corrected chi connectivity index (χ2v) is 5.64. The zero-order chi connectivity index (χ0) is 17.6. The van der Waals surface area contributed by atoms with E-state index < -0.39 is 0 Å². The Morgan fingerprint density at radius 1 is 1.04 bits per heavy atom. The molecule has 1 saturated heterocycles. The van der Waals surface area contributed by atoms with Crippen LogP contribution in [0, 0.1) is 0 Å². The van der Waals surface area contributed by atoms with Gasteiger partial charge in [-0.2, -0.15) is 0 Å². The minimum absolute atomic E-state index is 0.147. The van der Waals surface area contributed by atoms with Crippen molar-refractivity contribution in [3.05, 3.63) is 42.6 Å². The maximum absolute atomic E-state index is 12.5. The Bertz CT molecular complexity index is 730. The van der Waals surface area contributed by atoms with Crippen molar-refractivity contribution in [3.8, 4) is 11.6 Å². The first-order valence-corrected chi connectivity index (χ1v) is 8.16. The van der Waals surface area contributed by atoms with Crippen LogP contribution in [-0.2, 0) is 0 Å². The summed E-state index contributed by atoms with van der Waals surface area (Å²) in [5, 5.41) is 2.86. The van der Waals surface area contributed by atoms with Crippen LogP contribution in [0.5, 0.6) is 11.6 Å². The van der Waals surface area contributed by atoms with Gasteiger partial charge in [-0.25, -0.2) is 9.78 Å². The number of hydrogen-bond donors (Lipinski definition) is 1. The van der Waals surface area contributed by atoms with Gasteiger partial charge in [-0.3, -0.25) is 0 Å². The average molecular weight is 342 g/mol. The smallest absolute Gasteiger partial charge is 0.322 e. The first-order valence-electron chi connectivity index (χ1n) is 8.16. The summed E-state index contributed by atoms with van der Waals surface area (Å²) in [5.74, 6) is 1.25. The summed E-state index contributed by atoms with van der Waals surface area (Å²) >= 11 is 0. The number of anilines is 2. The third-order valence-corrected chi connectivity index (χ3v) is 4.20. The number of aromatic nitrogens is 1. The number of piperazine rings is 1. The van der Waals surface area contributed by atoms with Gasteiger partial charge < -0.3 is 24.6 Å². The van der Waals surface area contributed by atoms with Crippen molar-refractivity contribution in [2.24, 2.45) is 0 Å². The zero-order valence-electron chi connectivity index (χ0n) is 14.4. The lowest BCUT2D eigenvalue weighted by Crippen LogP contribution is -2.50. The Morgan fingerprint density at radius 3 is 2.52 bits per heavy atom. The van der Waals surface area contributed by atoms with E-state index in [4.69, 9.17) is 9.47 Å². The van der Waals surface area contributed by atoms with Crippen molar-refractivity contribution in [1.82, 2.24) is 9.88 Å². The monoisotopic (exact) mass is 342 g/mol. The van der Waals surface area contributed by atoms with Crippen molar-refractivity contribution in [1.29, 1.82) is 0 Å². The molecule has 3 rings (SSSR count). The maximum atomic E-state index is 12.5. The van der Waals surface area contributed by atoms with Crippen LogP contribution in [0.1, 0.15) is 0 Å². The Labute approximate surface area is 147 Å². The predicted octanol–water partition coefficient (Wildman–Crippen LogP) is 2.45. The van der Waals surface area contributed by atoms with Crippen LogP contribution in [0.3, 0.4) is 0 Å². The fraction of sp³-hybridized carbons (Fsp3) is 0.333. The molecule has 1 aromatic heterocycles. The number of amides is 2. The highest BCUT2D eigenvalue weighted by molar-refractivity contribution is 5.90. The topological polar surface area (TPSA) is 66.9 Å². The molecule has 25 heavy (non-hydrogen) atoms. The number of ether oxygens (including phenoxy) is 2. The minimum Gasteiger partial charge on any atom is -0.495 e.